The highest BCUT2D eigenvalue weighted by Crippen LogP contribution is 2.61. The van der Waals surface area contributed by atoms with E-state index in [-0.39, 0.29) is 36.2 Å². The van der Waals surface area contributed by atoms with Crippen molar-refractivity contribution in [3.63, 3.8) is 0 Å². The molecule has 0 saturated heterocycles. The lowest BCUT2D eigenvalue weighted by molar-refractivity contribution is -0.690. The molecule has 9 heteroatoms. The first-order chi connectivity index (χ1) is 14.9. The van der Waals surface area contributed by atoms with Crippen molar-refractivity contribution in [1.82, 2.24) is 4.98 Å². The molecule has 6 rings (SSSR count). The van der Waals surface area contributed by atoms with Crippen molar-refractivity contribution >= 4 is 23.1 Å². The molecule has 182 valence electrons. The zero-order valence-corrected chi connectivity index (χ0v) is 21.7. The van der Waals surface area contributed by atoms with Gasteiger partial charge in [-0.2, -0.15) is 4.57 Å². The number of hydrogen-bond donors (Lipinski definition) is 1. The van der Waals surface area contributed by atoms with Crippen LogP contribution in [0.1, 0.15) is 66.9 Å². The maximum absolute atomic E-state index is 12.7. The van der Waals surface area contributed by atoms with Crippen LogP contribution < -0.4 is 40.1 Å². The number of aryl methyl sites for hydroxylation is 1. The molecule has 0 amide bonds. The number of halogens is 2. The minimum atomic E-state index is 0. The van der Waals surface area contributed by atoms with E-state index in [9.17, 15) is 4.79 Å². The van der Waals surface area contributed by atoms with Gasteiger partial charge in [-0.3, -0.25) is 4.79 Å². The predicted molar refractivity (Wildman–Crippen MR) is 118 cm³/mol. The third-order valence-corrected chi connectivity index (χ3v) is 8.99. The van der Waals surface area contributed by atoms with Crippen LogP contribution in [0.2, 0.25) is 0 Å². The van der Waals surface area contributed by atoms with E-state index in [2.05, 4.69) is 27.0 Å². The van der Waals surface area contributed by atoms with Gasteiger partial charge >= 0.3 is 5.97 Å². The molecular weight excluding hydrogens is 479 g/mol. The monoisotopic (exact) mass is 512 g/mol. The van der Waals surface area contributed by atoms with Gasteiger partial charge in [-0.1, -0.05) is 11.3 Å². The number of aromatic nitrogens is 3. The first-order valence-corrected chi connectivity index (χ1v) is 12.5. The van der Waals surface area contributed by atoms with Gasteiger partial charge in [0, 0.05) is 20.3 Å². The number of carbonyl (C=O) groups excluding carboxylic acids is 1. The van der Waals surface area contributed by atoms with Crippen molar-refractivity contribution in [2.24, 2.45) is 23.2 Å². The molecule has 0 unspecified atom stereocenters. The van der Waals surface area contributed by atoms with Gasteiger partial charge in [0.15, 0.2) is 12.2 Å². The Morgan fingerprint density at radius 1 is 1.21 bits per heavy atom. The Bertz CT molecular complexity index is 962. The van der Waals surface area contributed by atoms with E-state index in [1.807, 2.05) is 13.1 Å². The zero-order valence-electron chi connectivity index (χ0n) is 19.4. The molecule has 0 radical (unpaired) electrons. The molecule has 4 aliphatic carbocycles. The van der Waals surface area contributed by atoms with Gasteiger partial charge in [-0.05, 0) is 66.7 Å². The lowest BCUT2D eigenvalue weighted by Gasteiger charge is -2.56. The molecule has 3 N–H and O–H groups in total. The quantitative estimate of drug-likeness (QED) is 0.320. The van der Waals surface area contributed by atoms with E-state index in [0.29, 0.717) is 25.4 Å². The zero-order chi connectivity index (χ0) is 21.6. The summed E-state index contributed by atoms with van der Waals surface area (Å²) in [6, 6.07) is 0. The SMILES string of the molecule is Cc1nc(N)c(C[n+]2csc(CCOC(=O)CC34CC5CC(CC(C5)C3)C4)c2C)c[nH+]1.[Cl-].[Cl-]. The van der Waals surface area contributed by atoms with E-state index in [4.69, 9.17) is 10.5 Å². The molecule has 4 saturated carbocycles. The van der Waals surface area contributed by atoms with Crippen LogP contribution in [0.25, 0.3) is 0 Å². The van der Waals surface area contributed by atoms with E-state index >= 15 is 0 Å². The summed E-state index contributed by atoms with van der Waals surface area (Å²) in [7, 11) is 0. The Hall–Kier alpha value is -1.44. The number of hydrogen-bond acceptors (Lipinski definition) is 5. The van der Waals surface area contributed by atoms with Crippen molar-refractivity contribution in [3.05, 3.63) is 33.7 Å². The van der Waals surface area contributed by atoms with Gasteiger partial charge in [0.25, 0.3) is 11.6 Å². The van der Waals surface area contributed by atoms with E-state index in [1.165, 1.54) is 49.1 Å². The van der Waals surface area contributed by atoms with Crippen molar-refractivity contribution in [2.75, 3.05) is 12.3 Å². The summed E-state index contributed by atoms with van der Waals surface area (Å²) in [5, 5.41) is 0. The van der Waals surface area contributed by atoms with Crippen molar-refractivity contribution in [1.29, 1.82) is 0 Å². The highest BCUT2D eigenvalue weighted by atomic mass is 35.5. The first kappa shape index (κ1) is 26.2. The van der Waals surface area contributed by atoms with Crippen molar-refractivity contribution < 1.29 is 43.9 Å². The number of H-pyrrole nitrogens is 1. The van der Waals surface area contributed by atoms with Gasteiger partial charge in [-0.15, -0.1) is 0 Å². The molecule has 2 aromatic rings. The van der Waals surface area contributed by atoms with Gasteiger partial charge in [0.2, 0.25) is 5.51 Å². The molecule has 0 aliphatic heterocycles. The van der Waals surface area contributed by atoms with Gasteiger partial charge < -0.3 is 35.3 Å². The standard InChI is InChI=1S/C24H33N4O2S.2ClH/c1-15-21(31-14-28(15)13-20-12-26-16(2)27-23(20)25)3-4-30-22(29)11-24-8-17-5-18(9-24)7-19(6-17)10-24;;/h12,14,17-19H,3-11,13H2,1-2H3,(H2,25,26,27);2*1H/q+1;;/p-1. The summed E-state index contributed by atoms with van der Waals surface area (Å²) < 4.78 is 7.91. The van der Waals surface area contributed by atoms with E-state index in [1.54, 1.807) is 11.3 Å². The molecule has 0 aromatic carbocycles. The summed E-state index contributed by atoms with van der Waals surface area (Å²) in [4.78, 5) is 21.4. The number of rotatable bonds is 7. The molecule has 4 bridgehead atoms. The van der Waals surface area contributed by atoms with Gasteiger partial charge in [-0.25, -0.2) is 4.98 Å². The minimum Gasteiger partial charge on any atom is -1.00 e. The number of anilines is 1. The fourth-order valence-electron chi connectivity index (χ4n) is 6.83. The smallest absolute Gasteiger partial charge is 0.306 e. The predicted octanol–water partition coefficient (Wildman–Crippen LogP) is -2.81. The summed E-state index contributed by atoms with van der Waals surface area (Å²) in [6.07, 6.45) is 11.3. The molecule has 0 atom stereocenters. The number of nitrogens with one attached hydrogen (secondary N) is 1. The Morgan fingerprint density at radius 2 is 1.85 bits per heavy atom. The summed E-state index contributed by atoms with van der Waals surface area (Å²) >= 11 is 1.71. The maximum atomic E-state index is 12.7. The fourth-order valence-corrected chi connectivity index (χ4v) is 7.81. The molecular formula is C24H34Cl2N4O2S. The van der Waals surface area contributed by atoms with Crippen LogP contribution in [-0.4, -0.2) is 17.6 Å². The number of ether oxygens (including phenoxy) is 1. The Kier molecular flexibility index (Phi) is 8.28. The molecule has 0 spiro atoms. The summed E-state index contributed by atoms with van der Waals surface area (Å²) in [5.41, 5.74) is 10.6. The second-order valence-electron chi connectivity index (χ2n) is 10.3. The van der Waals surface area contributed by atoms with E-state index in [0.717, 1.165) is 35.6 Å². The molecule has 4 fully saturated rings. The molecule has 4 aliphatic rings. The summed E-state index contributed by atoms with van der Waals surface area (Å²) in [5.74, 6) is 4.01. The van der Waals surface area contributed by atoms with Crippen LogP contribution in [0.4, 0.5) is 5.82 Å². The van der Waals surface area contributed by atoms with Gasteiger partial charge in [0.1, 0.15) is 11.8 Å². The lowest BCUT2D eigenvalue weighted by atomic mass is 9.49. The second-order valence-corrected chi connectivity index (χ2v) is 11.3. The number of nitrogen functional groups attached to an aromatic ring is 1. The Labute approximate surface area is 212 Å². The average molecular weight is 514 g/mol. The highest BCUT2D eigenvalue weighted by molar-refractivity contribution is 7.09. The topological polar surface area (TPSA) is 83.2 Å². The minimum absolute atomic E-state index is 0. The van der Waals surface area contributed by atoms with Crippen LogP contribution in [0, 0.1) is 37.0 Å². The Morgan fingerprint density at radius 3 is 2.45 bits per heavy atom. The van der Waals surface area contributed by atoms with Gasteiger partial charge in [0.05, 0.1) is 17.9 Å². The van der Waals surface area contributed by atoms with Crippen LogP contribution in [-0.2, 0) is 22.5 Å². The van der Waals surface area contributed by atoms with Crippen molar-refractivity contribution in [2.45, 2.75) is 71.8 Å². The summed E-state index contributed by atoms with van der Waals surface area (Å²) in [6.45, 7) is 5.16. The molecule has 6 nitrogen and oxygen atoms in total. The molecule has 33 heavy (non-hydrogen) atoms. The van der Waals surface area contributed by atoms with Crippen LogP contribution >= 0.6 is 11.3 Å². The Balaban J connectivity index is 0.00000153. The van der Waals surface area contributed by atoms with Crippen LogP contribution in [0.15, 0.2) is 11.7 Å². The maximum Gasteiger partial charge on any atom is 0.306 e. The second kappa shape index (κ2) is 10.4. The number of thiazole rings is 1. The largest absolute Gasteiger partial charge is 1.00 e. The number of aromatic amines is 1. The van der Waals surface area contributed by atoms with E-state index < -0.39 is 0 Å². The van der Waals surface area contributed by atoms with Crippen LogP contribution in [0.5, 0.6) is 0 Å². The number of nitrogens with zero attached hydrogens (tertiary/aromatic N) is 2. The third-order valence-electron chi connectivity index (χ3n) is 7.85. The lowest BCUT2D eigenvalue weighted by Crippen LogP contribution is -3.00. The highest BCUT2D eigenvalue weighted by Gasteiger charge is 2.51. The molecule has 2 aromatic heterocycles. The third kappa shape index (κ3) is 5.63. The average Bonchev–Trinajstić information content (AvgIpc) is 3.02. The van der Waals surface area contributed by atoms with Crippen LogP contribution in [0.3, 0.4) is 0 Å². The number of carbonyl (C=O) groups is 1. The number of nitrogens with two attached hydrogens (primary N) is 1. The fraction of sp³-hybridized carbons (Fsp3) is 0.667. The first-order valence-electron chi connectivity index (χ1n) is 11.6. The van der Waals surface area contributed by atoms with Crippen molar-refractivity contribution in [3.8, 4) is 0 Å². The molecule has 2 heterocycles. The number of esters is 1. The normalized spacial score (nSPS) is 27.0.